The fourth-order valence-corrected chi connectivity index (χ4v) is 4.23. The van der Waals surface area contributed by atoms with Crippen LogP contribution in [0.5, 0.6) is 5.75 Å². The summed E-state index contributed by atoms with van der Waals surface area (Å²) in [5, 5.41) is 13.5. The Balaban J connectivity index is 1.75. The summed E-state index contributed by atoms with van der Waals surface area (Å²) in [6.07, 6.45) is 25.5. The molecule has 0 saturated carbocycles. The van der Waals surface area contributed by atoms with Gasteiger partial charge in [-0.05, 0) is 37.0 Å². The van der Waals surface area contributed by atoms with Crippen LogP contribution in [0.15, 0.2) is 24.3 Å². The first-order valence-corrected chi connectivity index (χ1v) is 13.7. The molecule has 0 unspecified atom stereocenters. The van der Waals surface area contributed by atoms with Crippen molar-refractivity contribution in [2.45, 2.75) is 135 Å². The molecule has 3 heteroatoms. The molecule has 0 aliphatic rings. The zero-order valence-electron chi connectivity index (χ0n) is 21.0. The number of phenolic OH excluding ortho intramolecular Hbond substituents is 1. The maximum atomic E-state index is 11.9. The van der Waals surface area contributed by atoms with Crippen molar-refractivity contribution in [3.8, 4) is 5.75 Å². The van der Waals surface area contributed by atoms with Crippen molar-refractivity contribution < 1.29 is 9.90 Å². The summed E-state index contributed by atoms with van der Waals surface area (Å²) >= 11 is 0. The standard InChI is InChI=1S/C29H50NO2/c1-2-3-4-5-6-7-8-9-10-11-12-13-14-15-16-17-18-21-29(32)30-26-19-20-27-22-24-28(31)25-23-27/h22-25,31H,2-21,26H2,1H3. The molecule has 1 aromatic rings. The number of amides is 1. The molecule has 3 nitrogen and oxygen atoms in total. The summed E-state index contributed by atoms with van der Waals surface area (Å²) < 4.78 is 0. The van der Waals surface area contributed by atoms with Crippen LogP contribution in [0.4, 0.5) is 0 Å². The lowest BCUT2D eigenvalue weighted by Gasteiger charge is -2.04. The van der Waals surface area contributed by atoms with Crippen LogP contribution in [0.1, 0.15) is 134 Å². The molecule has 1 N–H and O–H groups in total. The lowest BCUT2D eigenvalue weighted by molar-refractivity contribution is -0.121. The van der Waals surface area contributed by atoms with E-state index in [4.69, 9.17) is 0 Å². The predicted octanol–water partition coefficient (Wildman–Crippen LogP) is 8.50. The van der Waals surface area contributed by atoms with E-state index in [-0.39, 0.29) is 5.91 Å². The van der Waals surface area contributed by atoms with Crippen LogP contribution in [0, 0.1) is 0 Å². The van der Waals surface area contributed by atoms with Gasteiger partial charge in [0.1, 0.15) is 5.75 Å². The van der Waals surface area contributed by atoms with E-state index in [0.717, 1.165) is 25.7 Å². The number of aromatic hydroxyl groups is 1. The number of phenols is 1. The summed E-state index contributed by atoms with van der Waals surface area (Å²) in [6, 6.07) is 7.26. The van der Waals surface area contributed by atoms with Gasteiger partial charge in [-0.25, -0.2) is 0 Å². The van der Waals surface area contributed by atoms with Crippen molar-refractivity contribution in [1.29, 1.82) is 0 Å². The Kier molecular flexibility index (Phi) is 19.0. The van der Waals surface area contributed by atoms with Crippen molar-refractivity contribution in [1.82, 2.24) is 5.32 Å². The fraction of sp³-hybridized carbons (Fsp3) is 0.759. The van der Waals surface area contributed by atoms with Crippen LogP contribution in [0.3, 0.4) is 0 Å². The Morgan fingerprint density at radius 1 is 0.656 bits per heavy atom. The van der Waals surface area contributed by atoms with Crippen LogP contribution < -0.4 is 5.32 Å². The van der Waals surface area contributed by atoms with Crippen molar-refractivity contribution >= 4 is 5.91 Å². The Bertz CT molecular complexity index is 541. The quantitative estimate of drug-likeness (QED) is 0.182. The SMILES string of the molecule is CCCCCCCCCCCCCCCCCCCC(=O)[N]CCCc1ccc(O)cc1. The molecule has 0 atom stereocenters. The third-order valence-electron chi connectivity index (χ3n) is 6.34. The van der Waals surface area contributed by atoms with Gasteiger partial charge in [-0.1, -0.05) is 122 Å². The van der Waals surface area contributed by atoms with Gasteiger partial charge in [-0.3, -0.25) is 10.1 Å². The minimum Gasteiger partial charge on any atom is -0.508 e. The highest BCUT2D eigenvalue weighted by Gasteiger charge is 2.03. The Morgan fingerprint density at radius 3 is 1.56 bits per heavy atom. The van der Waals surface area contributed by atoms with Gasteiger partial charge in [0.05, 0.1) is 0 Å². The van der Waals surface area contributed by atoms with Crippen molar-refractivity contribution in [3.05, 3.63) is 29.8 Å². The summed E-state index contributed by atoms with van der Waals surface area (Å²) in [4.78, 5) is 11.9. The topological polar surface area (TPSA) is 51.4 Å². The van der Waals surface area contributed by atoms with Gasteiger partial charge < -0.3 is 5.11 Å². The summed E-state index contributed by atoms with van der Waals surface area (Å²) in [7, 11) is 0. The number of nitrogens with zero attached hydrogens (tertiary/aromatic N) is 1. The number of hydrogen-bond donors (Lipinski definition) is 1. The second-order valence-electron chi connectivity index (χ2n) is 9.45. The molecule has 32 heavy (non-hydrogen) atoms. The lowest BCUT2D eigenvalue weighted by Crippen LogP contribution is -2.16. The van der Waals surface area contributed by atoms with Gasteiger partial charge in [-0.15, -0.1) is 0 Å². The molecule has 0 heterocycles. The normalized spacial score (nSPS) is 11.0. The first-order chi connectivity index (χ1) is 15.7. The summed E-state index contributed by atoms with van der Waals surface area (Å²) in [5.74, 6) is 0.361. The third-order valence-corrected chi connectivity index (χ3v) is 6.34. The smallest absolute Gasteiger partial charge is 0.241 e. The highest BCUT2D eigenvalue weighted by Crippen LogP contribution is 2.14. The number of carbonyl (C=O) groups is 1. The maximum absolute atomic E-state index is 11.9. The monoisotopic (exact) mass is 444 g/mol. The molecule has 0 spiro atoms. The molecular weight excluding hydrogens is 394 g/mol. The minimum atomic E-state index is 0.0664. The van der Waals surface area contributed by atoms with Crippen molar-refractivity contribution in [2.75, 3.05) is 6.54 Å². The van der Waals surface area contributed by atoms with Crippen LogP contribution in [0.2, 0.25) is 0 Å². The highest BCUT2D eigenvalue weighted by atomic mass is 16.3. The number of unbranched alkanes of at least 4 members (excludes halogenated alkanes) is 16. The molecular formula is C29H50NO2. The van der Waals surface area contributed by atoms with E-state index in [2.05, 4.69) is 12.2 Å². The second-order valence-corrected chi connectivity index (χ2v) is 9.45. The molecule has 183 valence electrons. The number of benzene rings is 1. The summed E-state index contributed by atoms with van der Waals surface area (Å²) in [6.45, 7) is 2.89. The predicted molar refractivity (Wildman–Crippen MR) is 137 cm³/mol. The van der Waals surface area contributed by atoms with Gasteiger partial charge in [0.25, 0.3) is 0 Å². The molecule has 0 aliphatic heterocycles. The molecule has 0 aliphatic carbocycles. The van der Waals surface area contributed by atoms with E-state index in [1.807, 2.05) is 12.1 Å². The van der Waals surface area contributed by atoms with Gasteiger partial charge in [0, 0.05) is 13.0 Å². The van der Waals surface area contributed by atoms with Gasteiger partial charge >= 0.3 is 0 Å². The van der Waals surface area contributed by atoms with Crippen LogP contribution in [-0.4, -0.2) is 17.6 Å². The highest BCUT2D eigenvalue weighted by molar-refractivity contribution is 5.75. The average molecular weight is 445 g/mol. The molecule has 1 aromatic carbocycles. The number of aryl methyl sites for hydroxylation is 1. The van der Waals surface area contributed by atoms with E-state index in [9.17, 15) is 9.90 Å². The van der Waals surface area contributed by atoms with Crippen molar-refractivity contribution in [3.63, 3.8) is 0 Å². The number of rotatable bonds is 22. The van der Waals surface area contributed by atoms with Gasteiger partial charge in [0.15, 0.2) is 0 Å². The molecule has 1 rings (SSSR count). The summed E-state index contributed by atoms with van der Waals surface area (Å²) in [5.41, 5.74) is 1.18. The van der Waals surface area contributed by atoms with Crippen LogP contribution >= 0.6 is 0 Å². The zero-order valence-corrected chi connectivity index (χ0v) is 21.0. The van der Waals surface area contributed by atoms with E-state index in [1.165, 1.54) is 102 Å². The average Bonchev–Trinajstić information content (AvgIpc) is 2.80. The minimum absolute atomic E-state index is 0.0664. The number of carbonyl (C=O) groups excluding carboxylic acids is 1. The van der Waals surface area contributed by atoms with Crippen LogP contribution in [-0.2, 0) is 11.2 Å². The largest absolute Gasteiger partial charge is 0.508 e. The lowest BCUT2D eigenvalue weighted by atomic mass is 10.0. The van der Waals surface area contributed by atoms with Crippen LogP contribution in [0.25, 0.3) is 0 Å². The van der Waals surface area contributed by atoms with E-state index < -0.39 is 0 Å². The third kappa shape index (κ3) is 18.1. The Hall–Kier alpha value is -1.51. The van der Waals surface area contributed by atoms with E-state index in [1.54, 1.807) is 12.1 Å². The Morgan fingerprint density at radius 2 is 1.09 bits per heavy atom. The maximum Gasteiger partial charge on any atom is 0.241 e. The first kappa shape index (κ1) is 28.5. The van der Waals surface area contributed by atoms with E-state index >= 15 is 0 Å². The molecule has 0 aromatic heterocycles. The van der Waals surface area contributed by atoms with Gasteiger partial charge in [0.2, 0.25) is 5.91 Å². The molecule has 1 amide bonds. The fourth-order valence-electron chi connectivity index (χ4n) is 4.23. The molecule has 0 saturated heterocycles. The Labute approximate surface area is 198 Å². The first-order valence-electron chi connectivity index (χ1n) is 13.7. The second kappa shape index (κ2) is 21.3. The van der Waals surface area contributed by atoms with Gasteiger partial charge in [-0.2, -0.15) is 0 Å². The molecule has 1 radical (unpaired) electrons. The molecule has 0 bridgehead atoms. The zero-order chi connectivity index (χ0) is 23.1. The van der Waals surface area contributed by atoms with Crippen molar-refractivity contribution in [2.24, 2.45) is 0 Å². The molecule has 0 fully saturated rings. The van der Waals surface area contributed by atoms with E-state index in [0.29, 0.717) is 18.7 Å². The number of hydrogen-bond acceptors (Lipinski definition) is 2.